The summed E-state index contributed by atoms with van der Waals surface area (Å²) in [5, 5.41) is 6.93. The molecule has 1 atom stereocenters. The molecule has 1 fully saturated rings. The highest BCUT2D eigenvalue weighted by Crippen LogP contribution is 2.25. The number of benzene rings is 1. The van der Waals surface area contributed by atoms with Crippen molar-refractivity contribution >= 4 is 29.9 Å². The van der Waals surface area contributed by atoms with Crippen LogP contribution in [0.2, 0.25) is 0 Å². The van der Waals surface area contributed by atoms with Gasteiger partial charge in [-0.3, -0.25) is 14.9 Å². The monoisotopic (exact) mass is 569 g/mol. The third-order valence-electron chi connectivity index (χ3n) is 5.83. The Morgan fingerprint density at radius 2 is 1.82 bits per heavy atom. The number of aliphatic imine (C=N–C) groups is 1. The predicted molar refractivity (Wildman–Crippen MR) is 142 cm³/mol. The van der Waals surface area contributed by atoms with Gasteiger partial charge in [0.05, 0.1) is 33.6 Å². The SMILES string of the molecule is CN=C(NCc1ncc(C)c(OC)c1C)NC1CCN(Cc2cc(OC)cc(OC)c2)C1.I. The van der Waals surface area contributed by atoms with Crippen molar-refractivity contribution in [3.05, 3.63) is 46.8 Å². The molecule has 0 amide bonds. The lowest BCUT2D eigenvalue weighted by Gasteiger charge is -2.20. The highest BCUT2D eigenvalue weighted by Gasteiger charge is 2.23. The molecule has 1 aliphatic rings. The number of nitrogens with zero attached hydrogens (tertiary/aromatic N) is 3. The van der Waals surface area contributed by atoms with Crippen molar-refractivity contribution in [3.63, 3.8) is 0 Å². The number of nitrogens with one attached hydrogen (secondary N) is 2. The molecular weight excluding hydrogens is 533 g/mol. The minimum absolute atomic E-state index is 0. The fourth-order valence-corrected chi connectivity index (χ4v) is 4.11. The second-order valence-corrected chi connectivity index (χ2v) is 8.06. The number of aryl methyl sites for hydroxylation is 1. The van der Waals surface area contributed by atoms with Crippen LogP contribution in [-0.4, -0.2) is 63.4 Å². The van der Waals surface area contributed by atoms with E-state index in [0.29, 0.717) is 12.6 Å². The third kappa shape index (κ3) is 7.10. The van der Waals surface area contributed by atoms with Gasteiger partial charge in [-0.1, -0.05) is 0 Å². The maximum absolute atomic E-state index is 5.51. The summed E-state index contributed by atoms with van der Waals surface area (Å²) in [6.07, 6.45) is 2.90. The number of hydrogen-bond acceptors (Lipinski definition) is 6. The number of likely N-dealkylation sites (tertiary alicyclic amines) is 1. The highest BCUT2D eigenvalue weighted by atomic mass is 127. The van der Waals surface area contributed by atoms with Crippen molar-refractivity contribution in [2.45, 2.75) is 39.4 Å². The van der Waals surface area contributed by atoms with E-state index in [1.165, 1.54) is 5.56 Å². The lowest BCUT2D eigenvalue weighted by atomic mass is 10.1. The standard InChI is InChI=1S/C24H35N5O3.HI/c1-16-12-26-22(17(2)23(16)32-6)13-27-24(25-3)28-19-7-8-29(15-19)14-18-9-20(30-4)11-21(10-18)31-5;/h9-12,19H,7-8,13-15H2,1-6H3,(H2,25,27,28);1H. The number of pyridine rings is 1. The number of guanidine groups is 1. The van der Waals surface area contributed by atoms with Gasteiger partial charge in [0.15, 0.2) is 5.96 Å². The Morgan fingerprint density at radius 3 is 2.42 bits per heavy atom. The molecule has 0 spiro atoms. The van der Waals surface area contributed by atoms with Gasteiger partial charge in [0.1, 0.15) is 17.2 Å². The van der Waals surface area contributed by atoms with E-state index < -0.39 is 0 Å². The third-order valence-corrected chi connectivity index (χ3v) is 5.83. The van der Waals surface area contributed by atoms with Crippen LogP contribution in [0.15, 0.2) is 29.4 Å². The lowest BCUT2D eigenvalue weighted by molar-refractivity contribution is 0.321. The molecular formula is C24H36IN5O3. The average molecular weight is 569 g/mol. The van der Waals surface area contributed by atoms with Crippen molar-refractivity contribution in [3.8, 4) is 17.2 Å². The summed E-state index contributed by atoms with van der Waals surface area (Å²) in [5.41, 5.74) is 4.22. The van der Waals surface area contributed by atoms with Crippen LogP contribution in [0, 0.1) is 13.8 Å². The Kier molecular flexibility index (Phi) is 10.5. The van der Waals surface area contributed by atoms with Crippen LogP contribution in [0.1, 0.15) is 28.8 Å². The van der Waals surface area contributed by atoms with Crippen LogP contribution in [0.25, 0.3) is 0 Å². The predicted octanol–water partition coefficient (Wildman–Crippen LogP) is 3.28. The van der Waals surface area contributed by atoms with E-state index in [1.54, 1.807) is 28.4 Å². The molecule has 0 aliphatic carbocycles. The van der Waals surface area contributed by atoms with Gasteiger partial charge < -0.3 is 24.8 Å². The van der Waals surface area contributed by atoms with Gasteiger partial charge in [0, 0.05) is 56.1 Å². The molecule has 1 unspecified atom stereocenters. The van der Waals surface area contributed by atoms with Crippen LogP contribution in [0.5, 0.6) is 17.2 Å². The van der Waals surface area contributed by atoms with Gasteiger partial charge in [-0.25, -0.2) is 0 Å². The topological polar surface area (TPSA) is 80.2 Å². The molecule has 2 aromatic rings. The van der Waals surface area contributed by atoms with Crippen molar-refractivity contribution in [1.82, 2.24) is 20.5 Å². The molecule has 1 aromatic heterocycles. The van der Waals surface area contributed by atoms with E-state index in [1.807, 2.05) is 26.1 Å². The molecule has 0 radical (unpaired) electrons. The first-order valence-electron chi connectivity index (χ1n) is 10.9. The van der Waals surface area contributed by atoms with Gasteiger partial charge in [0.25, 0.3) is 0 Å². The molecule has 3 rings (SSSR count). The Bertz CT molecular complexity index is 932. The van der Waals surface area contributed by atoms with Crippen LogP contribution in [0.3, 0.4) is 0 Å². The minimum atomic E-state index is 0. The van der Waals surface area contributed by atoms with Crippen LogP contribution in [0.4, 0.5) is 0 Å². The second kappa shape index (κ2) is 12.8. The second-order valence-electron chi connectivity index (χ2n) is 8.06. The molecule has 2 N–H and O–H groups in total. The molecule has 1 saturated heterocycles. The van der Waals surface area contributed by atoms with E-state index in [-0.39, 0.29) is 24.0 Å². The van der Waals surface area contributed by atoms with Crippen LogP contribution < -0.4 is 24.8 Å². The van der Waals surface area contributed by atoms with Crippen molar-refractivity contribution < 1.29 is 14.2 Å². The summed E-state index contributed by atoms with van der Waals surface area (Å²) in [5.74, 6) is 3.30. The number of rotatable bonds is 8. The molecule has 1 aromatic carbocycles. The van der Waals surface area contributed by atoms with E-state index >= 15 is 0 Å². The lowest BCUT2D eigenvalue weighted by Crippen LogP contribution is -2.44. The van der Waals surface area contributed by atoms with Gasteiger partial charge in [-0.15, -0.1) is 24.0 Å². The Hall–Kier alpha value is -2.27. The number of hydrogen-bond donors (Lipinski definition) is 2. The smallest absolute Gasteiger partial charge is 0.191 e. The minimum Gasteiger partial charge on any atom is -0.497 e. The highest BCUT2D eigenvalue weighted by molar-refractivity contribution is 14.0. The molecule has 0 bridgehead atoms. The normalized spacial score (nSPS) is 16.2. The zero-order chi connectivity index (χ0) is 23.1. The number of halogens is 1. The van der Waals surface area contributed by atoms with Gasteiger partial charge >= 0.3 is 0 Å². The van der Waals surface area contributed by atoms with Crippen molar-refractivity contribution in [2.24, 2.45) is 4.99 Å². The summed E-state index contributed by atoms with van der Waals surface area (Å²) in [4.78, 5) is 11.4. The number of methoxy groups -OCH3 is 3. The largest absolute Gasteiger partial charge is 0.497 e. The van der Waals surface area contributed by atoms with Gasteiger partial charge in [-0.05, 0) is 38.0 Å². The zero-order valence-corrected chi connectivity index (χ0v) is 22.7. The Morgan fingerprint density at radius 1 is 1.12 bits per heavy atom. The summed E-state index contributed by atoms with van der Waals surface area (Å²) < 4.78 is 16.3. The number of ether oxygens (including phenoxy) is 3. The summed E-state index contributed by atoms with van der Waals surface area (Å²) in [7, 11) is 6.84. The molecule has 182 valence electrons. The van der Waals surface area contributed by atoms with Crippen LogP contribution >= 0.6 is 24.0 Å². The van der Waals surface area contributed by atoms with E-state index in [2.05, 4.69) is 37.6 Å². The first kappa shape index (κ1) is 27.0. The van der Waals surface area contributed by atoms with E-state index in [0.717, 1.165) is 66.1 Å². The fourth-order valence-electron chi connectivity index (χ4n) is 4.11. The van der Waals surface area contributed by atoms with Crippen molar-refractivity contribution in [2.75, 3.05) is 41.5 Å². The zero-order valence-electron chi connectivity index (χ0n) is 20.4. The summed E-state index contributed by atoms with van der Waals surface area (Å²) in [6, 6.07) is 6.35. The summed E-state index contributed by atoms with van der Waals surface area (Å²) in [6.45, 7) is 7.44. The molecule has 33 heavy (non-hydrogen) atoms. The molecule has 0 saturated carbocycles. The average Bonchev–Trinajstić information content (AvgIpc) is 3.24. The Labute approximate surface area is 214 Å². The Balaban J connectivity index is 0.00000385. The molecule has 2 heterocycles. The first-order valence-corrected chi connectivity index (χ1v) is 10.9. The van der Waals surface area contributed by atoms with Crippen molar-refractivity contribution in [1.29, 1.82) is 0 Å². The van der Waals surface area contributed by atoms with Gasteiger partial charge in [0.2, 0.25) is 0 Å². The van der Waals surface area contributed by atoms with E-state index in [9.17, 15) is 0 Å². The molecule has 1 aliphatic heterocycles. The van der Waals surface area contributed by atoms with E-state index in [4.69, 9.17) is 14.2 Å². The molecule has 8 nitrogen and oxygen atoms in total. The number of aromatic nitrogens is 1. The maximum atomic E-state index is 5.51. The first-order chi connectivity index (χ1) is 15.5. The fraction of sp³-hybridized carbons (Fsp3) is 0.500. The van der Waals surface area contributed by atoms with Crippen LogP contribution in [-0.2, 0) is 13.1 Å². The van der Waals surface area contributed by atoms with Gasteiger partial charge in [-0.2, -0.15) is 0 Å². The maximum Gasteiger partial charge on any atom is 0.191 e. The summed E-state index contributed by atoms with van der Waals surface area (Å²) >= 11 is 0. The molecule has 9 heteroatoms. The quantitative estimate of drug-likeness (QED) is 0.287.